The van der Waals surface area contributed by atoms with E-state index in [2.05, 4.69) is 0 Å². The number of hydrogen-bond donors (Lipinski definition) is 2. The summed E-state index contributed by atoms with van der Waals surface area (Å²) in [6.45, 7) is 1.67. The van der Waals surface area contributed by atoms with Gasteiger partial charge >= 0.3 is 6.18 Å². The number of hydrogen-bond acceptors (Lipinski definition) is 3. The molecule has 98 valence electrons. The van der Waals surface area contributed by atoms with Crippen LogP contribution in [0, 0.1) is 0 Å². The number of halogens is 3. The highest BCUT2D eigenvalue weighted by atomic mass is 19.4. The summed E-state index contributed by atoms with van der Waals surface area (Å²) in [6.07, 6.45) is -3.35. The molecule has 0 spiro atoms. The average Bonchev–Trinajstić information content (AvgIpc) is 2.21. The zero-order chi connectivity index (χ0) is 12.7. The lowest BCUT2D eigenvalue weighted by Crippen LogP contribution is -2.43. The van der Waals surface area contributed by atoms with Crippen molar-refractivity contribution in [2.45, 2.75) is 44.3 Å². The normalized spacial score (nSPS) is 16.1. The van der Waals surface area contributed by atoms with Gasteiger partial charge in [-0.15, -0.1) is 0 Å². The quantitative estimate of drug-likeness (QED) is 0.639. The molecule has 6 heteroatoms. The zero-order valence-corrected chi connectivity index (χ0v) is 9.52. The second-order valence-corrected chi connectivity index (χ2v) is 3.96. The van der Waals surface area contributed by atoms with Gasteiger partial charge in [-0.1, -0.05) is 6.92 Å². The van der Waals surface area contributed by atoms with E-state index in [1.54, 1.807) is 0 Å². The molecule has 0 bridgehead atoms. The Morgan fingerprint density at radius 2 is 1.81 bits per heavy atom. The highest BCUT2D eigenvalue weighted by Gasteiger charge is 2.26. The van der Waals surface area contributed by atoms with Crippen molar-refractivity contribution >= 4 is 0 Å². The van der Waals surface area contributed by atoms with Crippen molar-refractivity contribution in [1.29, 1.82) is 0 Å². The molecule has 0 heterocycles. The third-order valence-corrected chi connectivity index (χ3v) is 2.51. The fraction of sp³-hybridized carbons (Fsp3) is 1.00. The topological polar surface area (TPSA) is 55.5 Å². The van der Waals surface area contributed by atoms with E-state index in [9.17, 15) is 13.2 Å². The molecule has 0 rings (SSSR count). The Labute approximate surface area is 93.8 Å². The molecule has 0 radical (unpaired) electrons. The summed E-state index contributed by atoms with van der Waals surface area (Å²) in [5.74, 6) is 0. The average molecular weight is 243 g/mol. The molecule has 0 amide bonds. The van der Waals surface area contributed by atoms with E-state index >= 15 is 0 Å². The smallest absolute Gasteiger partial charge is 0.391 e. The number of aliphatic hydroxyl groups is 1. The monoisotopic (exact) mass is 243 g/mol. The largest absolute Gasteiger partial charge is 0.394 e. The van der Waals surface area contributed by atoms with Gasteiger partial charge in [0.25, 0.3) is 0 Å². The molecular formula is C10H20F3NO2. The van der Waals surface area contributed by atoms with Crippen LogP contribution in [0.4, 0.5) is 13.2 Å². The lowest BCUT2D eigenvalue weighted by molar-refractivity contribution is -0.145. The van der Waals surface area contributed by atoms with Crippen molar-refractivity contribution in [3.63, 3.8) is 0 Å². The Kier molecular flexibility index (Phi) is 6.94. The maximum absolute atomic E-state index is 11.7. The summed E-state index contributed by atoms with van der Waals surface area (Å²) >= 11 is 0. The van der Waals surface area contributed by atoms with Gasteiger partial charge in [0.15, 0.2) is 0 Å². The number of rotatable bonds is 8. The van der Waals surface area contributed by atoms with Crippen molar-refractivity contribution in [3.05, 3.63) is 0 Å². The Bertz CT molecular complexity index is 181. The van der Waals surface area contributed by atoms with Crippen LogP contribution in [0.1, 0.15) is 32.6 Å². The van der Waals surface area contributed by atoms with Gasteiger partial charge in [-0.05, 0) is 19.3 Å². The Balaban J connectivity index is 3.47. The second-order valence-electron chi connectivity index (χ2n) is 3.96. The molecule has 3 nitrogen and oxygen atoms in total. The van der Waals surface area contributed by atoms with Gasteiger partial charge in [0.2, 0.25) is 0 Å². The van der Waals surface area contributed by atoms with E-state index in [4.69, 9.17) is 15.6 Å². The van der Waals surface area contributed by atoms with Crippen molar-refractivity contribution in [2.75, 3.05) is 19.8 Å². The van der Waals surface area contributed by atoms with Gasteiger partial charge in [0.1, 0.15) is 0 Å². The van der Waals surface area contributed by atoms with Crippen LogP contribution in [0.2, 0.25) is 0 Å². The van der Waals surface area contributed by atoms with Crippen LogP contribution in [-0.2, 0) is 4.74 Å². The molecule has 0 saturated heterocycles. The van der Waals surface area contributed by atoms with Gasteiger partial charge in [-0.2, -0.15) is 13.2 Å². The molecular weight excluding hydrogens is 223 g/mol. The summed E-state index contributed by atoms with van der Waals surface area (Å²) in [7, 11) is 0. The number of ether oxygens (including phenoxy) is 1. The molecule has 0 fully saturated rings. The van der Waals surface area contributed by atoms with Crippen molar-refractivity contribution in [2.24, 2.45) is 5.73 Å². The Morgan fingerprint density at radius 1 is 1.19 bits per heavy atom. The van der Waals surface area contributed by atoms with Crippen LogP contribution in [0.25, 0.3) is 0 Å². The lowest BCUT2D eigenvalue weighted by atomic mass is 9.93. The molecule has 0 aromatic rings. The Morgan fingerprint density at radius 3 is 2.25 bits per heavy atom. The van der Waals surface area contributed by atoms with E-state index in [1.807, 2.05) is 6.92 Å². The minimum Gasteiger partial charge on any atom is -0.394 e. The predicted molar refractivity (Wildman–Crippen MR) is 55.0 cm³/mol. The van der Waals surface area contributed by atoms with Crippen molar-refractivity contribution in [1.82, 2.24) is 0 Å². The molecule has 1 atom stereocenters. The summed E-state index contributed by atoms with van der Waals surface area (Å²) in [5.41, 5.74) is 5.16. The summed E-state index contributed by atoms with van der Waals surface area (Å²) in [6, 6.07) is 0. The van der Waals surface area contributed by atoms with Gasteiger partial charge < -0.3 is 15.6 Å². The highest BCUT2D eigenvalue weighted by Crippen LogP contribution is 2.19. The third-order valence-electron chi connectivity index (χ3n) is 2.51. The molecule has 0 aliphatic heterocycles. The standard InChI is InChI=1S/C10H20F3NO2/c1-2-9(14,8-15)4-3-6-16-7-5-10(11,12)13/h15H,2-8,14H2,1H3. The van der Waals surface area contributed by atoms with Crippen LogP contribution in [-0.4, -0.2) is 36.6 Å². The zero-order valence-electron chi connectivity index (χ0n) is 9.52. The second kappa shape index (κ2) is 7.09. The van der Waals surface area contributed by atoms with E-state index in [0.717, 1.165) is 0 Å². The van der Waals surface area contributed by atoms with E-state index < -0.39 is 18.1 Å². The molecule has 3 N–H and O–H groups in total. The first kappa shape index (κ1) is 15.7. The Hall–Kier alpha value is -0.330. The SMILES string of the molecule is CCC(N)(CO)CCCOCCC(F)(F)F. The molecule has 0 aromatic carbocycles. The minimum absolute atomic E-state index is 0.119. The van der Waals surface area contributed by atoms with Crippen molar-refractivity contribution < 1.29 is 23.0 Å². The van der Waals surface area contributed by atoms with Gasteiger partial charge in [-0.25, -0.2) is 0 Å². The maximum atomic E-state index is 11.7. The molecule has 0 aliphatic rings. The summed E-state index contributed by atoms with van der Waals surface area (Å²) in [5, 5.41) is 8.98. The van der Waals surface area contributed by atoms with E-state index in [1.165, 1.54) is 0 Å². The third kappa shape index (κ3) is 7.90. The fourth-order valence-electron chi connectivity index (χ4n) is 1.18. The maximum Gasteiger partial charge on any atom is 0.391 e. The van der Waals surface area contributed by atoms with Crippen LogP contribution in [0.15, 0.2) is 0 Å². The summed E-state index contributed by atoms with van der Waals surface area (Å²) < 4.78 is 40.0. The highest BCUT2D eigenvalue weighted by molar-refractivity contribution is 4.81. The number of alkyl halides is 3. The molecule has 0 saturated carbocycles. The van der Waals surface area contributed by atoms with Gasteiger partial charge in [-0.3, -0.25) is 0 Å². The molecule has 1 unspecified atom stereocenters. The lowest BCUT2D eigenvalue weighted by Gasteiger charge is -2.25. The van der Waals surface area contributed by atoms with Crippen LogP contribution in [0.3, 0.4) is 0 Å². The first-order chi connectivity index (χ1) is 7.33. The number of aliphatic hydroxyl groups excluding tert-OH is 1. The first-order valence-corrected chi connectivity index (χ1v) is 5.37. The summed E-state index contributed by atoms with van der Waals surface area (Å²) in [4.78, 5) is 0. The molecule has 0 aromatic heterocycles. The van der Waals surface area contributed by atoms with Crippen LogP contribution < -0.4 is 5.73 Å². The van der Waals surface area contributed by atoms with E-state index in [-0.39, 0.29) is 19.8 Å². The van der Waals surface area contributed by atoms with Crippen LogP contribution >= 0.6 is 0 Å². The predicted octanol–water partition coefficient (Wildman–Crippen LogP) is 1.84. The molecule has 16 heavy (non-hydrogen) atoms. The van der Waals surface area contributed by atoms with Crippen LogP contribution in [0.5, 0.6) is 0 Å². The fourth-order valence-corrected chi connectivity index (χ4v) is 1.18. The minimum atomic E-state index is -4.16. The van der Waals surface area contributed by atoms with E-state index in [0.29, 0.717) is 19.3 Å². The first-order valence-electron chi connectivity index (χ1n) is 5.37. The van der Waals surface area contributed by atoms with Gasteiger partial charge in [0, 0.05) is 12.1 Å². The number of nitrogens with two attached hydrogens (primary N) is 1. The molecule has 0 aliphatic carbocycles. The van der Waals surface area contributed by atoms with Gasteiger partial charge in [0.05, 0.1) is 19.6 Å². The van der Waals surface area contributed by atoms with Crippen molar-refractivity contribution in [3.8, 4) is 0 Å².